The van der Waals surface area contributed by atoms with Crippen molar-refractivity contribution in [3.05, 3.63) is 39.4 Å². The number of aryl methyl sites for hydroxylation is 1. The summed E-state index contributed by atoms with van der Waals surface area (Å²) >= 11 is 0. The van der Waals surface area contributed by atoms with Crippen molar-refractivity contribution in [1.82, 2.24) is 5.32 Å². The zero-order valence-electron chi connectivity index (χ0n) is 9.99. The van der Waals surface area contributed by atoms with Crippen molar-refractivity contribution < 1.29 is 4.92 Å². The first-order chi connectivity index (χ1) is 7.56. The van der Waals surface area contributed by atoms with Crippen molar-refractivity contribution in [2.45, 2.75) is 33.2 Å². The lowest BCUT2D eigenvalue weighted by molar-refractivity contribution is -0.384. The molecule has 0 amide bonds. The fourth-order valence-corrected chi connectivity index (χ4v) is 1.68. The van der Waals surface area contributed by atoms with Crippen LogP contribution in [0.15, 0.2) is 18.2 Å². The van der Waals surface area contributed by atoms with Crippen molar-refractivity contribution in [2.24, 2.45) is 0 Å². The number of non-ortho nitro benzene ring substituents is 1. The molecule has 0 aliphatic rings. The molecule has 0 heterocycles. The van der Waals surface area contributed by atoms with E-state index in [9.17, 15) is 10.1 Å². The normalized spacial score (nSPS) is 12.4. The number of nitro groups is 1. The fourth-order valence-electron chi connectivity index (χ4n) is 1.68. The van der Waals surface area contributed by atoms with Crippen LogP contribution in [0, 0.1) is 17.0 Å². The molecule has 88 valence electrons. The van der Waals surface area contributed by atoms with E-state index in [0.29, 0.717) is 0 Å². The molecule has 0 fully saturated rings. The minimum absolute atomic E-state index is 0.153. The quantitative estimate of drug-likeness (QED) is 0.615. The zero-order valence-corrected chi connectivity index (χ0v) is 9.99. The molecule has 0 aliphatic heterocycles. The highest BCUT2D eigenvalue weighted by atomic mass is 16.6. The van der Waals surface area contributed by atoms with Crippen LogP contribution in [0.3, 0.4) is 0 Å². The Morgan fingerprint density at radius 1 is 1.50 bits per heavy atom. The fraction of sp³-hybridized carbons (Fsp3) is 0.500. The smallest absolute Gasteiger partial charge is 0.269 e. The molecule has 0 aromatic heterocycles. The van der Waals surface area contributed by atoms with Gasteiger partial charge in [0.2, 0.25) is 0 Å². The molecular weight excluding hydrogens is 204 g/mol. The molecule has 1 rings (SSSR count). The molecular formula is C12H18N2O2. The average Bonchev–Trinajstić information content (AvgIpc) is 2.26. The maximum atomic E-state index is 10.7. The second-order valence-corrected chi connectivity index (χ2v) is 3.97. The van der Waals surface area contributed by atoms with E-state index >= 15 is 0 Å². The van der Waals surface area contributed by atoms with E-state index in [2.05, 4.69) is 12.2 Å². The second-order valence-electron chi connectivity index (χ2n) is 3.97. The first-order valence-corrected chi connectivity index (χ1v) is 5.54. The number of rotatable bonds is 5. The minimum Gasteiger partial charge on any atom is -0.310 e. The van der Waals surface area contributed by atoms with Gasteiger partial charge in [-0.2, -0.15) is 0 Å². The third-order valence-corrected chi connectivity index (χ3v) is 2.64. The maximum Gasteiger partial charge on any atom is 0.269 e. The SMILES string of the molecule is CCCNC(C)c1cc([N+](=O)[O-])ccc1C. The molecule has 1 N–H and O–H groups in total. The van der Waals surface area contributed by atoms with Gasteiger partial charge in [0.05, 0.1) is 4.92 Å². The van der Waals surface area contributed by atoms with Crippen LogP contribution in [0.1, 0.15) is 37.4 Å². The summed E-state index contributed by atoms with van der Waals surface area (Å²) < 4.78 is 0. The lowest BCUT2D eigenvalue weighted by atomic mass is 10.0. The summed E-state index contributed by atoms with van der Waals surface area (Å²) in [6.07, 6.45) is 1.05. The second kappa shape index (κ2) is 5.61. The Kier molecular flexibility index (Phi) is 4.43. The van der Waals surface area contributed by atoms with Gasteiger partial charge in [0, 0.05) is 18.2 Å². The van der Waals surface area contributed by atoms with Gasteiger partial charge in [-0.05, 0) is 37.9 Å². The van der Waals surface area contributed by atoms with Crippen LogP contribution in [0.4, 0.5) is 5.69 Å². The molecule has 1 aromatic rings. The van der Waals surface area contributed by atoms with E-state index in [-0.39, 0.29) is 16.7 Å². The van der Waals surface area contributed by atoms with Crippen LogP contribution in [0.25, 0.3) is 0 Å². The Morgan fingerprint density at radius 2 is 2.19 bits per heavy atom. The molecule has 0 saturated carbocycles. The monoisotopic (exact) mass is 222 g/mol. The van der Waals surface area contributed by atoms with Gasteiger partial charge in [-0.1, -0.05) is 13.0 Å². The Bertz CT molecular complexity index is 377. The standard InChI is InChI=1S/C12H18N2O2/c1-4-7-13-10(3)12-8-11(14(15)16)6-5-9(12)2/h5-6,8,10,13H,4,7H2,1-3H3. The Morgan fingerprint density at radius 3 is 2.75 bits per heavy atom. The zero-order chi connectivity index (χ0) is 12.1. The number of nitro benzene ring substituents is 1. The summed E-state index contributed by atoms with van der Waals surface area (Å²) in [4.78, 5) is 10.3. The first-order valence-electron chi connectivity index (χ1n) is 5.54. The van der Waals surface area contributed by atoms with Crippen molar-refractivity contribution in [3.63, 3.8) is 0 Å². The highest BCUT2D eigenvalue weighted by Gasteiger charge is 2.12. The molecule has 0 radical (unpaired) electrons. The summed E-state index contributed by atoms with van der Waals surface area (Å²) in [5.41, 5.74) is 2.25. The van der Waals surface area contributed by atoms with Crippen molar-refractivity contribution in [1.29, 1.82) is 0 Å². The van der Waals surface area contributed by atoms with Crippen molar-refractivity contribution >= 4 is 5.69 Å². The minimum atomic E-state index is -0.352. The molecule has 0 aliphatic carbocycles. The van der Waals surface area contributed by atoms with E-state index in [4.69, 9.17) is 0 Å². The molecule has 1 atom stereocenters. The predicted octanol–water partition coefficient (Wildman–Crippen LogP) is 2.96. The summed E-state index contributed by atoms with van der Waals surface area (Å²) in [7, 11) is 0. The molecule has 16 heavy (non-hydrogen) atoms. The van der Waals surface area contributed by atoms with Crippen molar-refractivity contribution in [2.75, 3.05) is 6.54 Å². The molecule has 0 saturated heterocycles. The van der Waals surface area contributed by atoms with Crippen LogP contribution in [0.2, 0.25) is 0 Å². The van der Waals surface area contributed by atoms with Crippen LogP contribution in [-0.2, 0) is 0 Å². The molecule has 1 aromatic carbocycles. The topological polar surface area (TPSA) is 55.2 Å². The van der Waals surface area contributed by atoms with Gasteiger partial charge in [0.25, 0.3) is 5.69 Å². The average molecular weight is 222 g/mol. The lowest BCUT2D eigenvalue weighted by Crippen LogP contribution is -2.20. The van der Waals surface area contributed by atoms with Crippen LogP contribution >= 0.6 is 0 Å². The van der Waals surface area contributed by atoms with E-state index in [1.54, 1.807) is 18.2 Å². The number of hydrogen-bond donors (Lipinski definition) is 1. The number of nitrogens with zero attached hydrogens (tertiary/aromatic N) is 1. The van der Waals surface area contributed by atoms with Gasteiger partial charge in [-0.25, -0.2) is 0 Å². The Labute approximate surface area is 95.8 Å². The third kappa shape index (κ3) is 3.03. The largest absolute Gasteiger partial charge is 0.310 e. The summed E-state index contributed by atoms with van der Waals surface area (Å²) in [6, 6.07) is 5.16. The van der Waals surface area contributed by atoms with Crippen molar-refractivity contribution in [3.8, 4) is 0 Å². The van der Waals surface area contributed by atoms with E-state index in [1.165, 1.54) is 0 Å². The molecule has 4 nitrogen and oxygen atoms in total. The summed E-state index contributed by atoms with van der Waals surface area (Å²) in [5.74, 6) is 0. The van der Waals surface area contributed by atoms with Gasteiger partial charge in [0.15, 0.2) is 0 Å². The van der Waals surface area contributed by atoms with Crippen LogP contribution < -0.4 is 5.32 Å². The van der Waals surface area contributed by atoms with E-state index in [0.717, 1.165) is 24.1 Å². The highest BCUT2D eigenvalue weighted by Crippen LogP contribution is 2.22. The molecule has 0 bridgehead atoms. The van der Waals surface area contributed by atoms with Gasteiger partial charge in [-0.15, -0.1) is 0 Å². The lowest BCUT2D eigenvalue weighted by Gasteiger charge is -2.15. The van der Waals surface area contributed by atoms with Gasteiger partial charge < -0.3 is 5.32 Å². The van der Waals surface area contributed by atoms with E-state index < -0.39 is 0 Å². The third-order valence-electron chi connectivity index (χ3n) is 2.64. The molecule has 0 spiro atoms. The molecule has 4 heteroatoms. The van der Waals surface area contributed by atoms with Gasteiger partial charge in [0.1, 0.15) is 0 Å². The number of benzene rings is 1. The predicted molar refractivity (Wildman–Crippen MR) is 64.5 cm³/mol. The van der Waals surface area contributed by atoms with Gasteiger partial charge >= 0.3 is 0 Å². The number of nitrogens with one attached hydrogen (secondary N) is 1. The van der Waals surface area contributed by atoms with Crippen LogP contribution in [0.5, 0.6) is 0 Å². The van der Waals surface area contributed by atoms with E-state index in [1.807, 2.05) is 13.8 Å². The Balaban J connectivity index is 2.92. The summed E-state index contributed by atoms with van der Waals surface area (Å²) in [5, 5.41) is 14.0. The highest BCUT2D eigenvalue weighted by molar-refractivity contribution is 5.40. The molecule has 1 unspecified atom stereocenters. The Hall–Kier alpha value is -1.42. The number of hydrogen-bond acceptors (Lipinski definition) is 3. The summed E-state index contributed by atoms with van der Waals surface area (Å²) in [6.45, 7) is 7.02. The maximum absolute atomic E-state index is 10.7. The first kappa shape index (κ1) is 12.6. The van der Waals surface area contributed by atoms with Gasteiger partial charge in [-0.3, -0.25) is 10.1 Å². The van der Waals surface area contributed by atoms with Crippen LogP contribution in [-0.4, -0.2) is 11.5 Å².